The van der Waals surface area contributed by atoms with Crippen LogP contribution >= 0.6 is 0 Å². The van der Waals surface area contributed by atoms with E-state index >= 15 is 0 Å². The molecule has 1 saturated heterocycles. The van der Waals surface area contributed by atoms with Crippen LogP contribution in [-0.2, 0) is 0 Å². The molecule has 1 aliphatic carbocycles. The van der Waals surface area contributed by atoms with Gasteiger partial charge in [-0.3, -0.25) is 0 Å². The molecule has 2 fully saturated rings. The zero-order valence-corrected chi connectivity index (χ0v) is 9.38. The van der Waals surface area contributed by atoms with Gasteiger partial charge in [-0.05, 0) is 38.1 Å². The molecule has 2 atom stereocenters. The van der Waals surface area contributed by atoms with Crippen LogP contribution in [0.25, 0.3) is 0 Å². The van der Waals surface area contributed by atoms with E-state index in [0.29, 0.717) is 18.0 Å². The number of hydrogen-bond acceptors (Lipinski definition) is 2. The first kappa shape index (κ1) is 10.7. The van der Waals surface area contributed by atoms with E-state index in [4.69, 9.17) is 0 Å². The van der Waals surface area contributed by atoms with Crippen molar-refractivity contribution in [3.05, 3.63) is 0 Å². The zero-order valence-electron chi connectivity index (χ0n) is 9.38. The van der Waals surface area contributed by atoms with Crippen LogP contribution < -0.4 is 16.0 Å². The first-order valence-electron chi connectivity index (χ1n) is 6.02. The van der Waals surface area contributed by atoms with Gasteiger partial charge in [-0.2, -0.15) is 0 Å². The number of urea groups is 1. The predicted octanol–water partition coefficient (Wildman–Crippen LogP) is 0.836. The summed E-state index contributed by atoms with van der Waals surface area (Å²) in [6, 6.07) is 0.744. The van der Waals surface area contributed by atoms with E-state index in [1.807, 2.05) is 0 Å². The third-order valence-electron chi connectivity index (χ3n) is 3.35. The lowest BCUT2D eigenvalue weighted by Crippen LogP contribution is -2.53. The normalized spacial score (nSPS) is 31.8. The summed E-state index contributed by atoms with van der Waals surface area (Å²) in [7, 11) is 0. The van der Waals surface area contributed by atoms with Gasteiger partial charge < -0.3 is 16.0 Å². The lowest BCUT2D eigenvalue weighted by atomic mass is 9.93. The third-order valence-corrected chi connectivity index (χ3v) is 3.35. The number of hydrogen-bond donors (Lipinski definition) is 3. The van der Waals surface area contributed by atoms with E-state index in [2.05, 4.69) is 22.9 Å². The van der Waals surface area contributed by atoms with E-state index in [1.54, 1.807) is 0 Å². The van der Waals surface area contributed by atoms with Gasteiger partial charge in [0.2, 0.25) is 0 Å². The lowest BCUT2D eigenvalue weighted by Gasteiger charge is -2.31. The Hall–Kier alpha value is -0.770. The summed E-state index contributed by atoms with van der Waals surface area (Å²) in [4.78, 5) is 11.6. The third kappa shape index (κ3) is 3.09. The van der Waals surface area contributed by atoms with Crippen LogP contribution in [-0.4, -0.2) is 31.2 Å². The van der Waals surface area contributed by atoms with Crippen LogP contribution in [0.2, 0.25) is 0 Å². The molecule has 0 aromatic carbocycles. The highest BCUT2D eigenvalue weighted by molar-refractivity contribution is 5.74. The van der Waals surface area contributed by atoms with Crippen LogP contribution in [0.5, 0.6) is 0 Å². The van der Waals surface area contributed by atoms with Crippen molar-refractivity contribution in [3.63, 3.8) is 0 Å². The predicted molar refractivity (Wildman–Crippen MR) is 59.7 cm³/mol. The fourth-order valence-corrected chi connectivity index (χ4v) is 2.23. The molecule has 2 aliphatic rings. The van der Waals surface area contributed by atoms with Gasteiger partial charge in [-0.15, -0.1) is 0 Å². The van der Waals surface area contributed by atoms with E-state index in [1.165, 1.54) is 6.42 Å². The summed E-state index contributed by atoms with van der Waals surface area (Å²) in [5.41, 5.74) is 0. The van der Waals surface area contributed by atoms with Gasteiger partial charge in [0.25, 0.3) is 0 Å². The Morgan fingerprint density at radius 1 is 1.20 bits per heavy atom. The second kappa shape index (κ2) is 4.84. The fourth-order valence-electron chi connectivity index (χ4n) is 2.23. The maximum atomic E-state index is 11.6. The first-order valence-corrected chi connectivity index (χ1v) is 6.02. The Morgan fingerprint density at radius 3 is 2.53 bits per heavy atom. The molecule has 0 radical (unpaired) electrons. The van der Waals surface area contributed by atoms with Gasteiger partial charge in [0.15, 0.2) is 0 Å². The zero-order chi connectivity index (χ0) is 10.7. The van der Waals surface area contributed by atoms with Crippen molar-refractivity contribution in [1.29, 1.82) is 0 Å². The molecular weight excluding hydrogens is 190 g/mol. The second-order valence-corrected chi connectivity index (χ2v) is 4.94. The molecule has 0 spiro atoms. The summed E-state index contributed by atoms with van der Waals surface area (Å²) in [5, 5.41) is 9.37. The van der Waals surface area contributed by atoms with Crippen molar-refractivity contribution in [3.8, 4) is 0 Å². The minimum Gasteiger partial charge on any atom is -0.335 e. The highest BCUT2D eigenvalue weighted by Gasteiger charge is 2.23. The molecular formula is C11H21N3O. The average Bonchev–Trinajstić information content (AvgIpc) is 2.11. The molecule has 3 N–H and O–H groups in total. The molecule has 1 aliphatic heterocycles. The minimum absolute atomic E-state index is 0.0144. The largest absolute Gasteiger partial charge is 0.335 e. The molecule has 15 heavy (non-hydrogen) atoms. The van der Waals surface area contributed by atoms with Crippen molar-refractivity contribution in [2.75, 3.05) is 13.1 Å². The van der Waals surface area contributed by atoms with Crippen molar-refractivity contribution in [1.82, 2.24) is 16.0 Å². The summed E-state index contributed by atoms with van der Waals surface area (Å²) < 4.78 is 0. The van der Waals surface area contributed by atoms with Gasteiger partial charge >= 0.3 is 6.03 Å². The van der Waals surface area contributed by atoms with Crippen molar-refractivity contribution >= 4 is 6.03 Å². The summed E-state index contributed by atoms with van der Waals surface area (Å²) in [5.74, 6) is 0.660. The Bertz CT molecular complexity index is 228. The van der Waals surface area contributed by atoms with Gasteiger partial charge in [0.1, 0.15) is 0 Å². The molecule has 0 aromatic heterocycles. The molecule has 0 bridgehead atoms. The van der Waals surface area contributed by atoms with Gasteiger partial charge in [0, 0.05) is 18.6 Å². The molecule has 4 heteroatoms. The Labute approximate surface area is 91.2 Å². The highest BCUT2D eigenvalue weighted by atomic mass is 16.2. The highest BCUT2D eigenvalue weighted by Crippen LogP contribution is 2.17. The molecule has 4 nitrogen and oxygen atoms in total. The summed E-state index contributed by atoms with van der Waals surface area (Å²) >= 11 is 0. The standard InChI is InChI=1S/C11H21N3O/c1-8-5-10(7-12-6-8)14-11(15)13-9-3-2-4-9/h8-10,12H,2-7H2,1H3,(H2,13,14,15). The number of amides is 2. The number of carbonyl (C=O) groups excluding carboxylic acids is 1. The minimum atomic E-state index is 0.0144. The van der Waals surface area contributed by atoms with Gasteiger partial charge in [0.05, 0.1) is 0 Å². The SMILES string of the molecule is CC1CNCC(NC(=O)NC2CCC2)C1. The van der Waals surface area contributed by atoms with E-state index in [-0.39, 0.29) is 6.03 Å². The van der Waals surface area contributed by atoms with Crippen LogP contribution in [0.15, 0.2) is 0 Å². The monoisotopic (exact) mass is 211 g/mol. The van der Waals surface area contributed by atoms with Crippen LogP contribution in [0.1, 0.15) is 32.6 Å². The maximum Gasteiger partial charge on any atom is 0.315 e. The van der Waals surface area contributed by atoms with Gasteiger partial charge in [-0.1, -0.05) is 6.92 Å². The number of carbonyl (C=O) groups is 1. The summed E-state index contributed by atoms with van der Waals surface area (Å²) in [6.45, 7) is 4.19. The Balaban J connectivity index is 1.68. The van der Waals surface area contributed by atoms with Crippen LogP contribution in [0.3, 0.4) is 0 Å². The van der Waals surface area contributed by atoms with Gasteiger partial charge in [-0.25, -0.2) is 4.79 Å². The Kier molecular flexibility index (Phi) is 3.46. The topological polar surface area (TPSA) is 53.2 Å². The molecule has 1 saturated carbocycles. The van der Waals surface area contributed by atoms with Crippen LogP contribution in [0.4, 0.5) is 4.79 Å². The molecule has 0 aromatic rings. The number of nitrogens with one attached hydrogen (secondary N) is 3. The molecule has 1 heterocycles. The smallest absolute Gasteiger partial charge is 0.315 e. The summed E-state index contributed by atoms with van der Waals surface area (Å²) in [6.07, 6.45) is 4.64. The maximum absolute atomic E-state index is 11.6. The molecule has 2 unspecified atom stereocenters. The number of piperidine rings is 1. The van der Waals surface area contributed by atoms with Crippen molar-refractivity contribution in [2.24, 2.45) is 5.92 Å². The van der Waals surface area contributed by atoms with Crippen molar-refractivity contribution < 1.29 is 4.79 Å². The quantitative estimate of drug-likeness (QED) is 0.634. The fraction of sp³-hybridized carbons (Fsp3) is 0.909. The Morgan fingerprint density at radius 2 is 1.93 bits per heavy atom. The van der Waals surface area contributed by atoms with E-state index < -0.39 is 0 Å². The van der Waals surface area contributed by atoms with E-state index in [9.17, 15) is 4.79 Å². The van der Waals surface area contributed by atoms with Crippen LogP contribution in [0, 0.1) is 5.92 Å². The molecule has 2 rings (SSSR count). The molecule has 2 amide bonds. The molecule has 86 valence electrons. The first-order chi connectivity index (χ1) is 7.24. The lowest BCUT2D eigenvalue weighted by molar-refractivity contribution is 0.218. The van der Waals surface area contributed by atoms with Crippen molar-refractivity contribution in [2.45, 2.75) is 44.7 Å². The average molecular weight is 211 g/mol. The second-order valence-electron chi connectivity index (χ2n) is 4.94. The van der Waals surface area contributed by atoms with E-state index in [0.717, 1.165) is 32.4 Å². The number of rotatable bonds is 2.